The molecule has 1 aliphatic heterocycles. The number of hydrogen-bond donors (Lipinski definition) is 1. The normalized spacial score (nSPS) is 14.1. The van der Waals surface area contributed by atoms with E-state index in [1.54, 1.807) is 7.11 Å². The van der Waals surface area contributed by atoms with Gasteiger partial charge in [0.15, 0.2) is 0 Å². The number of urea groups is 1. The number of nitrogens with zero attached hydrogens (tertiary/aromatic N) is 3. The third kappa shape index (κ3) is 4.23. The van der Waals surface area contributed by atoms with Crippen molar-refractivity contribution in [3.8, 4) is 5.88 Å². The fourth-order valence-electron chi connectivity index (χ4n) is 4.18. The first-order valence-electron chi connectivity index (χ1n) is 10.7. The number of ether oxygens (including phenoxy) is 1. The van der Waals surface area contributed by atoms with Gasteiger partial charge in [-0.3, -0.25) is 0 Å². The van der Waals surface area contributed by atoms with E-state index in [2.05, 4.69) is 55.9 Å². The highest BCUT2D eigenvalue weighted by atomic mass is 16.5. The third-order valence-electron chi connectivity index (χ3n) is 6.28. The quantitative estimate of drug-likeness (QED) is 0.803. The van der Waals surface area contributed by atoms with Gasteiger partial charge < -0.3 is 19.9 Å². The summed E-state index contributed by atoms with van der Waals surface area (Å²) in [6, 6.07) is 4.16. The van der Waals surface area contributed by atoms with E-state index in [9.17, 15) is 4.79 Å². The molecule has 1 aliphatic rings. The summed E-state index contributed by atoms with van der Waals surface area (Å²) in [4.78, 5) is 21.7. The van der Waals surface area contributed by atoms with E-state index in [0.29, 0.717) is 19.0 Å². The van der Waals surface area contributed by atoms with Gasteiger partial charge in [-0.05, 0) is 69.4 Å². The Hall–Kier alpha value is -2.76. The fourth-order valence-corrected chi connectivity index (χ4v) is 4.18. The molecular formula is C24H34N4O2. The predicted octanol–water partition coefficient (Wildman–Crippen LogP) is 4.55. The summed E-state index contributed by atoms with van der Waals surface area (Å²) in [5.41, 5.74) is 9.15. The zero-order chi connectivity index (χ0) is 22.0. The van der Waals surface area contributed by atoms with E-state index in [-0.39, 0.29) is 6.03 Å². The number of aryl methyl sites for hydroxylation is 4. The zero-order valence-electron chi connectivity index (χ0n) is 19.3. The van der Waals surface area contributed by atoms with Crippen molar-refractivity contribution in [1.82, 2.24) is 9.88 Å². The van der Waals surface area contributed by atoms with Crippen LogP contribution in [0.25, 0.3) is 0 Å². The van der Waals surface area contributed by atoms with Crippen molar-refractivity contribution in [1.29, 1.82) is 0 Å². The number of methoxy groups -OCH3 is 1. The lowest BCUT2D eigenvalue weighted by atomic mass is 9.97. The molecule has 0 saturated carbocycles. The van der Waals surface area contributed by atoms with Crippen LogP contribution in [0, 0.1) is 34.6 Å². The van der Waals surface area contributed by atoms with E-state index in [0.717, 1.165) is 36.5 Å². The van der Waals surface area contributed by atoms with Crippen LogP contribution in [0.3, 0.4) is 0 Å². The van der Waals surface area contributed by atoms with Crippen molar-refractivity contribution in [2.45, 2.75) is 48.0 Å². The van der Waals surface area contributed by atoms with Crippen LogP contribution < -0.4 is 15.0 Å². The summed E-state index contributed by atoms with van der Waals surface area (Å²) < 4.78 is 5.34. The molecular weight excluding hydrogens is 376 g/mol. The Morgan fingerprint density at radius 1 is 1.03 bits per heavy atom. The van der Waals surface area contributed by atoms with Gasteiger partial charge in [-0.25, -0.2) is 9.78 Å². The monoisotopic (exact) mass is 410 g/mol. The molecule has 30 heavy (non-hydrogen) atoms. The predicted molar refractivity (Wildman–Crippen MR) is 123 cm³/mol. The second-order valence-corrected chi connectivity index (χ2v) is 8.16. The lowest BCUT2D eigenvalue weighted by molar-refractivity contribution is 0.208. The average Bonchev–Trinajstić information content (AvgIpc) is 2.74. The van der Waals surface area contributed by atoms with Gasteiger partial charge in [-0.2, -0.15) is 0 Å². The van der Waals surface area contributed by atoms with Crippen molar-refractivity contribution >= 4 is 17.4 Å². The van der Waals surface area contributed by atoms with Gasteiger partial charge in [0.25, 0.3) is 0 Å². The van der Waals surface area contributed by atoms with E-state index < -0.39 is 0 Å². The van der Waals surface area contributed by atoms with Crippen molar-refractivity contribution in [3.63, 3.8) is 0 Å². The van der Waals surface area contributed by atoms with Crippen molar-refractivity contribution < 1.29 is 9.53 Å². The number of carbonyl (C=O) groups is 1. The molecule has 1 aromatic carbocycles. The molecule has 0 bridgehead atoms. The van der Waals surface area contributed by atoms with Gasteiger partial charge in [0.05, 0.1) is 18.5 Å². The summed E-state index contributed by atoms with van der Waals surface area (Å²) in [7, 11) is 1.62. The largest absolute Gasteiger partial charge is 0.481 e. The Labute approximate surface area is 180 Å². The standard InChI is InChI=1S/C24H34N4O2/c1-8-20-14-21(19(6)25-23(20)30-7)26-24(29)28-11-9-27(10-12-28)22-17(4)15(2)13-16(3)18(22)5/h13-14H,8-12H2,1-7H3,(H,26,29). The molecule has 6 nitrogen and oxygen atoms in total. The van der Waals surface area contributed by atoms with Gasteiger partial charge in [0, 0.05) is 37.4 Å². The summed E-state index contributed by atoms with van der Waals surface area (Å²) in [5, 5.41) is 3.05. The second kappa shape index (κ2) is 8.94. The van der Waals surface area contributed by atoms with Crippen molar-refractivity contribution in [2.75, 3.05) is 43.5 Å². The maximum Gasteiger partial charge on any atom is 0.322 e. The topological polar surface area (TPSA) is 57.7 Å². The molecule has 1 aromatic heterocycles. The van der Waals surface area contributed by atoms with Crippen LogP contribution in [-0.4, -0.2) is 49.2 Å². The molecule has 2 aromatic rings. The Morgan fingerprint density at radius 3 is 2.17 bits per heavy atom. The van der Waals surface area contributed by atoms with Crippen LogP contribution in [0.15, 0.2) is 12.1 Å². The number of amides is 2. The van der Waals surface area contributed by atoms with Gasteiger partial charge in [0.2, 0.25) is 5.88 Å². The number of benzene rings is 1. The molecule has 2 heterocycles. The molecule has 1 saturated heterocycles. The van der Waals surface area contributed by atoms with Crippen LogP contribution >= 0.6 is 0 Å². The highest BCUT2D eigenvalue weighted by molar-refractivity contribution is 5.90. The minimum atomic E-state index is -0.0689. The lowest BCUT2D eigenvalue weighted by Crippen LogP contribution is -2.50. The summed E-state index contributed by atoms with van der Waals surface area (Å²) >= 11 is 0. The van der Waals surface area contributed by atoms with Crippen LogP contribution in [-0.2, 0) is 6.42 Å². The number of pyridine rings is 1. The molecule has 0 spiro atoms. The van der Waals surface area contributed by atoms with Gasteiger partial charge in [-0.1, -0.05) is 13.0 Å². The number of aromatic nitrogens is 1. The third-order valence-corrected chi connectivity index (χ3v) is 6.28. The molecule has 0 unspecified atom stereocenters. The smallest absolute Gasteiger partial charge is 0.322 e. The van der Waals surface area contributed by atoms with E-state index >= 15 is 0 Å². The molecule has 0 radical (unpaired) electrons. The number of hydrogen-bond acceptors (Lipinski definition) is 4. The highest BCUT2D eigenvalue weighted by Crippen LogP contribution is 2.31. The minimum absolute atomic E-state index is 0.0689. The SMILES string of the molecule is CCc1cc(NC(=O)N2CCN(c3c(C)c(C)cc(C)c3C)CC2)c(C)nc1OC. The Balaban J connectivity index is 1.70. The maximum absolute atomic E-state index is 12.9. The molecule has 162 valence electrons. The van der Waals surface area contributed by atoms with Crippen molar-refractivity contribution in [3.05, 3.63) is 45.6 Å². The first-order chi connectivity index (χ1) is 14.3. The van der Waals surface area contributed by atoms with E-state index in [1.165, 1.54) is 27.9 Å². The number of piperazine rings is 1. The molecule has 0 atom stereocenters. The Bertz CT molecular complexity index is 921. The van der Waals surface area contributed by atoms with Crippen LogP contribution in [0.4, 0.5) is 16.2 Å². The van der Waals surface area contributed by atoms with Crippen molar-refractivity contribution in [2.24, 2.45) is 0 Å². The molecule has 1 N–H and O–H groups in total. The summed E-state index contributed by atoms with van der Waals surface area (Å²) in [5.74, 6) is 0.626. The first kappa shape index (κ1) is 21.9. The second-order valence-electron chi connectivity index (χ2n) is 8.16. The average molecular weight is 411 g/mol. The van der Waals surface area contributed by atoms with E-state index in [4.69, 9.17) is 4.74 Å². The number of rotatable bonds is 4. The number of nitrogens with one attached hydrogen (secondary N) is 1. The first-order valence-corrected chi connectivity index (χ1v) is 10.7. The zero-order valence-corrected chi connectivity index (χ0v) is 19.3. The summed E-state index contributed by atoms with van der Waals surface area (Å²) in [6.45, 7) is 15.7. The van der Waals surface area contributed by atoms with E-state index in [1.807, 2.05) is 17.9 Å². The summed E-state index contributed by atoms with van der Waals surface area (Å²) in [6.07, 6.45) is 0.798. The highest BCUT2D eigenvalue weighted by Gasteiger charge is 2.24. The minimum Gasteiger partial charge on any atom is -0.481 e. The maximum atomic E-state index is 12.9. The molecule has 6 heteroatoms. The Kier molecular flexibility index (Phi) is 6.54. The number of carbonyl (C=O) groups excluding carboxylic acids is 1. The van der Waals surface area contributed by atoms with Gasteiger partial charge in [0.1, 0.15) is 0 Å². The molecule has 3 rings (SSSR count). The van der Waals surface area contributed by atoms with Crippen LogP contribution in [0.2, 0.25) is 0 Å². The van der Waals surface area contributed by atoms with Crippen LogP contribution in [0.5, 0.6) is 5.88 Å². The molecule has 2 amide bonds. The fraction of sp³-hybridized carbons (Fsp3) is 0.500. The molecule has 0 aliphatic carbocycles. The van der Waals surface area contributed by atoms with Gasteiger partial charge in [-0.15, -0.1) is 0 Å². The Morgan fingerprint density at radius 2 is 1.63 bits per heavy atom. The van der Waals surface area contributed by atoms with Crippen LogP contribution in [0.1, 0.15) is 40.4 Å². The number of anilines is 2. The lowest BCUT2D eigenvalue weighted by Gasteiger charge is -2.38. The van der Waals surface area contributed by atoms with Gasteiger partial charge >= 0.3 is 6.03 Å². The molecule has 1 fully saturated rings.